The third-order valence-electron chi connectivity index (χ3n) is 2.46. The summed E-state index contributed by atoms with van der Waals surface area (Å²) in [5, 5.41) is 8.63. The first-order valence-electron chi connectivity index (χ1n) is 5.97. The van der Waals surface area contributed by atoms with Gasteiger partial charge in [0.25, 0.3) is 0 Å². The predicted molar refractivity (Wildman–Crippen MR) is 72.5 cm³/mol. The van der Waals surface area contributed by atoms with Crippen molar-refractivity contribution in [1.82, 2.24) is 9.29 Å². The van der Waals surface area contributed by atoms with Gasteiger partial charge >= 0.3 is 0 Å². The lowest BCUT2D eigenvalue weighted by atomic mass is 10.2. The third-order valence-corrected chi connectivity index (χ3v) is 4.37. The van der Waals surface area contributed by atoms with Crippen LogP contribution in [0.2, 0.25) is 0 Å². The topological polar surface area (TPSA) is 100 Å². The van der Waals surface area contributed by atoms with E-state index in [1.807, 2.05) is 19.9 Å². The number of sulfonamides is 1. The summed E-state index contributed by atoms with van der Waals surface area (Å²) in [6.45, 7) is 4.34. The summed E-state index contributed by atoms with van der Waals surface area (Å²) in [5.41, 5.74) is 5.62. The van der Waals surface area contributed by atoms with Crippen LogP contribution < -0.4 is 5.73 Å². The number of aromatic nitrogens is 1. The Hall–Kier alpha value is -1.65. The van der Waals surface area contributed by atoms with E-state index in [1.54, 1.807) is 0 Å². The Balaban J connectivity index is 3.12. The van der Waals surface area contributed by atoms with E-state index in [9.17, 15) is 8.42 Å². The number of nitrogens with zero attached hydrogens (tertiary/aromatic N) is 3. The molecular formula is C12H18N4O2S. The summed E-state index contributed by atoms with van der Waals surface area (Å²) < 4.78 is 26.3. The van der Waals surface area contributed by atoms with E-state index in [1.165, 1.54) is 22.6 Å². The maximum Gasteiger partial charge on any atom is 0.246 e. The molecule has 1 aromatic rings. The highest BCUT2D eigenvalue weighted by molar-refractivity contribution is 7.89. The highest BCUT2D eigenvalue weighted by atomic mass is 32.2. The molecule has 0 unspecified atom stereocenters. The van der Waals surface area contributed by atoms with Gasteiger partial charge in [-0.1, -0.05) is 13.8 Å². The first-order chi connectivity index (χ1) is 8.89. The number of anilines is 1. The molecule has 104 valence electrons. The third kappa shape index (κ3) is 3.91. The number of nitrogen functional groups attached to an aromatic ring is 1. The van der Waals surface area contributed by atoms with Gasteiger partial charge in [-0.25, -0.2) is 13.4 Å². The van der Waals surface area contributed by atoms with Crippen molar-refractivity contribution in [3.8, 4) is 6.07 Å². The summed E-state index contributed by atoms with van der Waals surface area (Å²) in [5.74, 6) is 0.138. The Bertz CT molecular complexity index is 563. The van der Waals surface area contributed by atoms with Crippen molar-refractivity contribution in [1.29, 1.82) is 5.26 Å². The van der Waals surface area contributed by atoms with Gasteiger partial charge in [-0.15, -0.1) is 0 Å². The molecule has 1 aromatic heterocycles. The van der Waals surface area contributed by atoms with E-state index < -0.39 is 10.0 Å². The molecule has 0 bridgehead atoms. The number of nitriles is 1. The molecule has 0 amide bonds. The molecule has 19 heavy (non-hydrogen) atoms. The van der Waals surface area contributed by atoms with Gasteiger partial charge in [-0.2, -0.15) is 9.57 Å². The van der Waals surface area contributed by atoms with Crippen molar-refractivity contribution in [3.63, 3.8) is 0 Å². The molecule has 0 spiro atoms. The molecule has 2 N–H and O–H groups in total. The molecule has 0 fully saturated rings. The Kier molecular flexibility index (Phi) is 5.27. The Morgan fingerprint density at radius 1 is 1.53 bits per heavy atom. The van der Waals surface area contributed by atoms with Gasteiger partial charge in [0.1, 0.15) is 10.7 Å². The minimum absolute atomic E-state index is 0.00594. The SMILES string of the molecule is CC(C)CN(CCC#N)S(=O)(=O)c1cccnc1N. The minimum Gasteiger partial charge on any atom is -0.383 e. The molecule has 1 heterocycles. The molecular weight excluding hydrogens is 264 g/mol. The van der Waals surface area contributed by atoms with E-state index in [4.69, 9.17) is 11.0 Å². The predicted octanol–water partition coefficient (Wildman–Crippen LogP) is 1.22. The largest absolute Gasteiger partial charge is 0.383 e. The minimum atomic E-state index is -3.70. The maximum absolute atomic E-state index is 12.5. The summed E-state index contributed by atoms with van der Waals surface area (Å²) in [7, 11) is -3.70. The highest BCUT2D eigenvalue weighted by Crippen LogP contribution is 2.21. The number of pyridine rings is 1. The zero-order valence-corrected chi connectivity index (χ0v) is 11.9. The van der Waals surface area contributed by atoms with Crippen molar-refractivity contribution in [2.45, 2.75) is 25.2 Å². The molecule has 7 heteroatoms. The first-order valence-corrected chi connectivity index (χ1v) is 7.41. The van der Waals surface area contributed by atoms with Crippen LogP contribution in [0, 0.1) is 17.2 Å². The second-order valence-corrected chi connectivity index (χ2v) is 6.46. The molecule has 1 rings (SSSR count). The molecule has 6 nitrogen and oxygen atoms in total. The van der Waals surface area contributed by atoms with Crippen molar-refractivity contribution >= 4 is 15.8 Å². The number of rotatable bonds is 6. The van der Waals surface area contributed by atoms with E-state index in [0.29, 0.717) is 6.54 Å². The van der Waals surface area contributed by atoms with Crippen LogP contribution in [0.1, 0.15) is 20.3 Å². The number of hydrogen-bond donors (Lipinski definition) is 1. The Labute approximate surface area is 113 Å². The van der Waals surface area contributed by atoms with Crippen LogP contribution in [0.3, 0.4) is 0 Å². The van der Waals surface area contributed by atoms with E-state index >= 15 is 0 Å². The fraction of sp³-hybridized carbons (Fsp3) is 0.500. The van der Waals surface area contributed by atoms with E-state index in [2.05, 4.69) is 4.98 Å². The molecule has 0 radical (unpaired) electrons. The van der Waals surface area contributed by atoms with Gasteiger partial charge in [-0.3, -0.25) is 0 Å². The molecule has 0 aromatic carbocycles. The normalized spacial score (nSPS) is 11.7. The average molecular weight is 282 g/mol. The second-order valence-electron chi connectivity index (χ2n) is 4.55. The van der Waals surface area contributed by atoms with Crippen LogP contribution in [0.25, 0.3) is 0 Å². The van der Waals surface area contributed by atoms with Gasteiger partial charge in [-0.05, 0) is 18.1 Å². The Morgan fingerprint density at radius 2 is 2.21 bits per heavy atom. The quantitative estimate of drug-likeness (QED) is 0.845. The van der Waals surface area contributed by atoms with Crippen LogP contribution in [-0.4, -0.2) is 30.8 Å². The summed E-state index contributed by atoms with van der Waals surface area (Å²) in [4.78, 5) is 3.79. The lowest BCUT2D eigenvalue weighted by molar-refractivity contribution is 0.373. The lowest BCUT2D eigenvalue weighted by Gasteiger charge is -2.23. The van der Waals surface area contributed by atoms with E-state index in [0.717, 1.165) is 0 Å². The molecule has 0 saturated heterocycles. The smallest absolute Gasteiger partial charge is 0.246 e. The fourth-order valence-corrected chi connectivity index (χ4v) is 3.32. The van der Waals surface area contributed by atoms with E-state index in [-0.39, 0.29) is 29.6 Å². The van der Waals surface area contributed by atoms with Gasteiger partial charge < -0.3 is 5.73 Å². The molecule has 0 saturated carbocycles. The van der Waals surface area contributed by atoms with Crippen LogP contribution in [-0.2, 0) is 10.0 Å². The van der Waals surface area contributed by atoms with Crippen molar-refractivity contribution in [3.05, 3.63) is 18.3 Å². The first kappa shape index (κ1) is 15.4. The molecule has 0 aliphatic rings. The zero-order chi connectivity index (χ0) is 14.5. The van der Waals surface area contributed by atoms with Crippen LogP contribution in [0.4, 0.5) is 5.82 Å². The monoisotopic (exact) mass is 282 g/mol. The van der Waals surface area contributed by atoms with Gasteiger partial charge in [0.15, 0.2) is 0 Å². The van der Waals surface area contributed by atoms with Crippen molar-refractivity contribution in [2.75, 3.05) is 18.8 Å². The van der Waals surface area contributed by atoms with Crippen molar-refractivity contribution in [2.24, 2.45) is 5.92 Å². The summed E-state index contributed by atoms with van der Waals surface area (Å²) >= 11 is 0. The molecule has 0 atom stereocenters. The van der Waals surface area contributed by atoms with Gasteiger partial charge in [0, 0.05) is 25.7 Å². The number of nitrogens with two attached hydrogens (primary N) is 1. The zero-order valence-electron chi connectivity index (χ0n) is 11.1. The van der Waals surface area contributed by atoms with Crippen LogP contribution in [0.5, 0.6) is 0 Å². The molecule has 0 aliphatic carbocycles. The van der Waals surface area contributed by atoms with Gasteiger partial charge in [0.2, 0.25) is 10.0 Å². The average Bonchev–Trinajstić information content (AvgIpc) is 2.34. The fourth-order valence-electron chi connectivity index (χ4n) is 1.65. The van der Waals surface area contributed by atoms with Gasteiger partial charge in [0.05, 0.1) is 6.07 Å². The lowest BCUT2D eigenvalue weighted by Crippen LogP contribution is -2.35. The Morgan fingerprint density at radius 3 is 2.74 bits per heavy atom. The summed E-state index contributed by atoms with van der Waals surface area (Å²) in [6.07, 6.45) is 1.59. The van der Waals surface area contributed by atoms with Crippen LogP contribution in [0.15, 0.2) is 23.2 Å². The van der Waals surface area contributed by atoms with Crippen molar-refractivity contribution < 1.29 is 8.42 Å². The number of hydrogen-bond acceptors (Lipinski definition) is 5. The van der Waals surface area contributed by atoms with Crippen LogP contribution >= 0.6 is 0 Å². The maximum atomic E-state index is 12.5. The highest BCUT2D eigenvalue weighted by Gasteiger charge is 2.27. The second kappa shape index (κ2) is 6.50. The standard InChI is InChI=1S/C12H18N4O2S/c1-10(2)9-16(8-4-6-13)19(17,18)11-5-3-7-15-12(11)14/h3,5,7,10H,4,8-9H2,1-2H3,(H2,14,15). The molecule has 0 aliphatic heterocycles. The summed E-state index contributed by atoms with van der Waals surface area (Å²) in [6, 6.07) is 4.91.